The van der Waals surface area contributed by atoms with Crippen LogP contribution >= 0.6 is 11.6 Å². The first-order valence-electron chi connectivity index (χ1n) is 5.27. The molecule has 1 heterocycles. The standard InChI is InChI=1S/C12H14ClN3O/c1-8-14-6-10(16-8)7-15-9-3-4-12(17-2)11(13)5-9/h3-6,15H,7H2,1-2H3,(H,14,16). The summed E-state index contributed by atoms with van der Waals surface area (Å²) in [5.41, 5.74) is 1.98. The Morgan fingerprint density at radius 3 is 2.88 bits per heavy atom. The van der Waals surface area contributed by atoms with Crippen molar-refractivity contribution in [2.24, 2.45) is 0 Å². The van der Waals surface area contributed by atoms with Gasteiger partial charge in [-0.2, -0.15) is 0 Å². The first kappa shape index (κ1) is 11.8. The molecule has 0 atom stereocenters. The minimum Gasteiger partial charge on any atom is -0.495 e. The maximum absolute atomic E-state index is 6.03. The van der Waals surface area contributed by atoms with Crippen molar-refractivity contribution in [1.29, 1.82) is 0 Å². The second kappa shape index (κ2) is 5.10. The molecule has 0 radical (unpaired) electrons. The van der Waals surface area contributed by atoms with Gasteiger partial charge in [0, 0.05) is 5.69 Å². The fourth-order valence-corrected chi connectivity index (χ4v) is 1.79. The lowest BCUT2D eigenvalue weighted by molar-refractivity contribution is 0.415. The third kappa shape index (κ3) is 2.91. The summed E-state index contributed by atoms with van der Waals surface area (Å²) >= 11 is 6.03. The zero-order valence-corrected chi connectivity index (χ0v) is 10.5. The van der Waals surface area contributed by atoms with Crippen molar-refractivity contribution in [2.75, 3.05) is 12.4 Å². The molecule has 0 amide bonds. The minimum atomic E-state index is 0.596. The predicted molar refractivity (Wildman–Crippen MR) is 68.7 cm³/mol. The second-order valence-electron chi connectivity index (χ2n) is 3.70. The normalized spacial score (nSPS) is 10.3. The van der Waals surface area contributed by atoms with E-state index in [1.807, 2.05) is 31.3 Å². The number of imidazole rings is 1. The van der Waals surface area contributed by atoms with Gasteiger partial charge >= 0.3 is 0 Å². The van der Waals surface area contributed by atoms with Crippen molar-refractivity contribution >= 4 is 17.3 Å². The Morgan fingerprint density at radius 1 is 1.47 bits per heavy atom. The van der Waals surface area contributed by atoms with Gasteiger partial charge in [0.05, 0.1) is 30.6 Å². The van der Waals surface area contributed by atoms with Gasteiger partial charge in [-0.05, 0) is 25.1 Å². The van der Waals surface area contributed by atoms with Crippen LogP contribution in [0.15, 0.2) is 24.4 Å². The van der Waals surface area contributed by atoms with Crippen molar-refractivity contribution in [3.8, 4) is 5.75 Å². The fraction of sp³-hybridized carbons (Fsp3) is 0.250. The second-order valence-corrected chi connectivity index (χ2v) is 4.10. The molecule has 2 aromatic rings. The number of nitrogens with zero attached hydrogens (tertiary/aromatic N) is 1. The maximum Gasteiger partial charge on any atom is 0.137 e. The van der Waals surface area contributed by atoms with Crippen LogP contribution in [0.5, 0.6) is 5.75 Å². The fourth-order valence-electron chi connectivity index (χ4n) is 1.54. The van der Waals surface area contributed by atoms with E-state index in [1.165, 1.54) is 0 Å². The Kier molecular flexibility index (Phi) is 3.54. The first-order chi connectivity index (χ1) is 8.19. The van der Waals surface area contributed by atoms with E-state index in [4.69, 9.17) is 16.3 Å². The van der Waals surface area contributed by atoms with Crippen LogP contribution in [-0.4, -0.2) is 17.1 Å². The molecule has 90 valence electrons. The molecule has 0 unspecified atom stereocenters. The highest BCUT2D eigenvalue weighted by Crippen LogP contribution is 2.27. The van der Waals surface area contributed by atoms with Gasteiger partial charge in [-0.3, -0.25) is 0 Å². The monoisotopic (exact) mass is 251 g/mol. The van der Waals surface area contributed by atoms with Crippen molar-refractivity contribution in [3.05, 3.63) is 40.9 Å². The van der Waals surface area contributed by atoms with Crippen molar-refractivity contribution < 1.29 is 4.74 Å². The topological polar surface area (TPSA) is 49.9 Å². The summed E-state index contributed by atoms with van der Waals surface area (Å²) in [6.07, 6.45) is 1.81. The minimum absolute atomic E-state index is 0.596. The lowest BCUT2D eigenvalue weighted by atomic mass is 10.3. The Morgan fingerprint density at radius 2 is 2.29 bits per heavy atom. The van der Waals surface area contributed by atoms with Crippen LogP contribution in [0.3, 0.4) is 0 Å². The van der Waals surface area contributed by atoms with Gasteiger partial charge in [0.25, 0.3) is 0 Å². The van der Waals surface area contributed by atoms with E-state index in [-0.39, 0.29) is 0 Å². The third-order valence-electron chi connectivity index (χ3n) is 2.39. The van der Waals surface area contributed by atoms with Gasteiger partial charge in [0.15, 0.2) is 0 Å². The quantitative estimate of drug-likeness (QED) is 0.878. The summed E-state index contributed by atoms with van der Waals surface area (Å²) < 4.78 is 5.09. The zero-order chi connectivity index (χ0) is 12.3. The smallest absolute Gasteiger partial charge is 0.137 e. The molecule has 0 aliphatic rings. The molecule has 2 rings (SSSR count). The van der Waals surface area contributed by atoms with Gasteiger partial charge in [-0.15, -0.1) is 0 Å². The van der Waals surface area contributed by atoms with Gasteiger partial charge < -0.3 is 15.0 Å². The van der Waals surface area contributed by atoms with Gasteiger partial charge in [-0.25, -0.2) is 4.98 Å². The molecule has 0 saturated heterocycles. The number of halogens is 1. The van der Waals surface area contributed by atoms with Crippen LogP contribution in [0.2, 0.25) is 5.02 Å². The lowest BCUT2D eigenvalue weighted by Gasteiger charge is -2.07. The summed E-state index contributed by atoms with van der Waals surface area (Å²) in [5, 5.41) is 3.85. The van der Waals surface area contributed by atoms with Crippen molar-refractivity contribution in [2.45, 2.75) is 13.5 Å². The van der Waals surface area contributed by atoms with E-state index in [2.05, 4.69) is 15.3 Å². The average molecular weight is 252 g/mol. The van der Waals surface area contributed by atoms with Gasteiger partial charge in [0.1, 0.15) is 11.6 Å². The molecule has 0 aliphatic carbocycles. The molecule has 0 bridgehead atoms. The van der Waals surface area contributed by atoms with Gasteiger partial charge in [0.2, 0.25) is 0 Å². The van der Waals surface area contributed by atoms with E-state index in [0.717, 1.165) is 17.2 Å². The summed E-state index contributed by atoms with van der Waals surface area (Å²) in [4.78, 5) is 7.28. The molecule has 5 heteroatoms. The van der Waals surface area contributed by atoms with E-state index in [1.54, 1.807) is 7.11 Å². The number of anilines is 1. The average Bonchev–Trinajstić information content (AvgIpc) is 2.73. The number of rotatable bonds is 4. The summed E-state index contributed by atoms with van der Waals surface area (Å²) in [6, 6.07) is 5.60. The molecule has 0 spiro atoms. The Balaban J connectivity index is 2.02. The number of hydrogen-bond donors (Lipinski definition) is 2. The van der Waals surface area contributed by atoms with Crippen LogP contribution < -0.4 is 10.1 Å². The highest BCUT2D eigenvalue weighted by atomic mass is 35.5. The Bertz CT molecular complexity index is 510. The number of aryl methyl sites for hydroxylation is 1. The summed E-state index contributed by atoms with van der Waals surface area (Å²) in [5.74, 6) is 1.59. The molecular formula is C12H14ClN3O. The number of ether oxygens (including phenoxy) is 1. The molecule has 17 heavy (non-hydrogen) atoms. The number of methoxy groups -OCH3 is 1. The highest BCUT2D eigenvalue weighted by Gasteiger charge is 2.02. The van der Waals surface area contributed by atoms with Crippen molar-refractivity contribution in [3.63, 3.8) is 0 Å². The number of H-pyrrole nitrogens is 1. The molecule has 1 aromatic carbocycles. The Hall–Kier alpha value is -1.68. The third-order valence-corrected chi connectivity index (χ3v) is 2.69. The van der Waals surface area contributed by atoms with Gasteiger partial charge in [-0.1, -0.05) is 11.6 Å². The van der Waals surface area contributed by atoms with E-state index < -0.39 is 0 Å². The molecule has 0 aliphatic heterocycles. The molecule has 2 N–H and O–H groups in total. The van der Waals surface area contributed by atoms with E-state index in [0.29, 0.717) is 17.3 Å². The number of aromatic nitrogens is 2. The molecule has 0 saturated carbocycles. The van der Waals surface area contributed by atoms with Crippen LogP contribution in [0.1, 0.15) is 11.5 Å². The largest absolute Gasteiger partial charge is 0.495 e. The Labute approximate surface area is 105 Å². The first-order valence-corrected chi connectivity index (χ1v) is 5.64. The maximum atomic E-state index is 6.03. The molecular weight excluding hydrogens is 238 g/mol. The van der Waals surface area contributed by atoms with E-state index in [9.17, 15) is 0 Å². The SMILES string of the molecule is COc1ccc(NCc2cnc(C)[nH]2)cc1Cl. The molecule has 1 aromatic heterocycles. The van der Waals surface area contributed by atoms with E-state index >= 15 is 0 Å². The molecule has 4 nitrogen and oxygen atoms in total. The lowest BCUT2D eigenvalue weighted by Crippen LogP contribution is -1.99. The summed E-state index contributed by atoms with van der Waals surface area (Å²) in [7, 11) is 1.60. The van der Waals surface area contributed by atoms with Crippen molar-refractivity contribution in [1.82, 2.24) is 9.97 Å². The van der Waals surface area contributed by atoms with Crippen LogP contribution in [0.4, 0.5) is 5.69 Å². The van der Waals surface area contributed by atoms with Crippen LogP contribution in [-0.2, 0) is 6.54 Å². The number of aromatic amines is 1. The predicted octanol–water partition coefficient (Wildman–Crippen LogP) is 2.99. The summed E-state index contributed by atoms with van der Waals surface area (Å²) in [6.45, 7) is 2.61. The number of hydrogen-bond acceptors (Lipinski definition) is 3. The number of benzene rings is 1. The molecule has 0 fully saturated rings. The van der Waals surface area contributed by atoms with Crippen LogP contribution in [0, 0.1) is 6.92 Å². The zero-order valence-electron chi connectivity index (χ0n) is 9.75. The highest BCUT2D eigenvalue weighted by molar-refractivity contribution is 6.32. The number of nitrogens with one attached hydrogen (secondary N) is 2. The van der Waals surface area contributed by atoms with Crippen LogP contribution in [0.25, 0.3) is 0 Å².